The third-order valence-electron chi connectivity index (χ3n) is 6.86. The van der Waals surface area contributed by atoms with Gasteiger partial charge in [-0.1, -0.05) is 12.1 Å². The number of ketones is 1. The van der Waals surface area contributed by atoms with Crippen molar-refractivity contribution in [3.05, 3.63) is 63.5 Å². The fourth-order valence-electron chi connectivity index (χ4n) is 4.70. The quantitative estimate of drug-likeness (QED) is 0.423. The zero-order chi connectivity index (χ0) is 25.5. The second kappa shape index (κ2) is 12.3. The van der Waals surface area contributed by atoms with Crippen LogP contribution in [0.2, 0.25) is 0 Å². The first kappa shape index (κ1) is 26.1. The van der Waals surface area contributed by atoms with E-state index in [9.17, 15) is 4.79 Å². The molecule has 0 spiro atoms. The predicted molar refractivity (Wildman–Crippen MR) is 145 cm³/mol. The van der Waals surface area contributed by atoms with E-state index >= 15 is 0 Å². The number of hydrogen-bond donors (Lipinski definition) is 1. The standard InChI is InChI=1S/C28H36N4O3S/c1-19-16-22(35-25(11-13-29-2)26-6-5-15-36-26)9-8-21(19)17-20-7-10-24(33)23-18-30-28(34-4)31-27(23)32(3)14-12-20/h5-6,8-9,15-16,18,20,25,29H,7,10-14,17H2,1-4H3/t20?,25-/m0/s1. The van der Waals surface area contributed by atoms with E-state index in [4.69, 9.17) is 9.47 Å². The molecule has 36 heavy (non-hydrogen) atoms. The summed E-state index contributed by atoms with van der Waals surface area (Å²) in [6, 6.07) is 10.9. The van der Waals surface area contributed by atoms with Gasteiger partial charge in [-0.25, -0.2) is 4.98 Å². The Balaban J connectivity index is 1.44. The molecule has 192 valence electrons. The molecular formula is C28H36N4O3S. The Morgan fingerprint density at radius 2 is 2.14 bits per heavy atom. The summed E-state index contributed by atoms with van der Waals surface area (Å²) in [5, 5.41) is 5.32. The number of ether oxygens (including phenoxy) is 2. The van der Waals surface area contributed by atoms with Crippen molar-refractivity contribution in [3.63, 3.8) is 0 Å². The smallest absolute Gasteiger partial charge is 0.318 e. The molecule has 2 aromatic heterocycles. The molecule has 3 aromatic rings. The number of hydrogen-bond acceptors (Lipinski definition) is 8. The van der Waals surface area contributed by atoms with E-state index in [0.717, 1.165) is 44.5 Å². The molecule has 1 N–H and O–H groups in total. The molecule has 4 rings (SSSR count). The second-order valence-electron chi connectivity index (χ2n) is 9.44. The van der Waals surface area contributed by atoms with Crippen molar-refractivity contribution in [2.24, 2.45) is 5.92 Å². The van der Waals surface area contributed by atoms with E-state index < -0.39 is 0 Å². The number of aromatic nitrogens is 2. The Hall–Kier alpha value is -2.97. The van der Waals surface area contributed by atoms with Gasteiger partial charge in [0.25, 0.3) is 0 Å². The number of benzene rings is 1. The summed E-state index contributed by atoms with van der Waals surface area (Å²) in [7, 11) is 5.49. The van der Waals surface area contributed by atoms with Gasteiger partial charge in [-0.2, -0.15) is 4.98 Å². The van der Waals surface area contributed by atoms with Crippen LogP contribution in [0.15, 0.2) is 41.9 Å². The van der Waals surface area contributed by atoms with Gasteiger partial charge in [0.2, 0.25) is 0 Å². The summed E-state index contributed by atoms with van der Waals surface area (Å²) in [4.78, 5) is 24.9. The number of methoxy groups -OCH3 is 1. The van der Waals surface area contributed by atoms with Crippen LogP contribution in [0, 0.1) is 12.8 Å². The van der Waals surface area contributed by atoms with Gasteiger partial charge in [0, 0.05) is 37.5 Å². The minimum absolute atomic E-state index is 0.0435. The van der Waals surface area contributed by atoms with Crippen molar-refractivity contribution >= 4 is 22.9 Å². The first-order chi connectivity index (χ1) is 17.5. The lowest BCUT2D eigenvalue weighted by molar-refractivity contribution is 0.0974. The number of nitrogens with one attached hydrogen (secondary N) is 1. The first-order valence-electron chi connectivity index (χ1n) is 12.6. The lowest BCUT2D eigenvalue weighted by Gasteiger charge is -2.23. The summed E-state index contributed by atoms with van der Waals surface area (Å²) in [6.45, 7) is 3.87. The molecule has 0 amide bonds. The van der Waals surface area contributed by atoms with E-state index in [2.05, 4.69) is 62.8 Å². The first-order valence-corrected chi connectivity index (χ1v) is 13.5. The van der Waals surface area contributed by atoms with Crippen molar-refractivity contribution < 1.29 is 14.3 Å². The number of aryl methyl sites for hydroxylation is 1. The lowest BCUT2D eigenvalue weighted by Crippen LogP contribution is -2.23. The molecule has 1 aliphatic rings. The largest absolute Gasteiger partial charge is 0.485 e. The number of rotatable bonds is 9. The van der Waals surface area contributed by atoms with Crippen LogP contribution in [-0.2, 0) is 6.42 Å². The highest BCUT2D eigenvalue weighted by Gasteiger charge is 2.24. The summed E-state index contributed by atoms with van der Waals surface area (Å²) < 4.78 is 11.6. The van der Waals surface area contributed by atoms with Crippen LogP contribution in [0.25, 0.3) is 0 Å². The highest BCUT2D eigenvalue weighted by molar-refractivity contribution is 7.10. The van der Waals surface area contributed by atoms with Gasteiger partial charge in [-0.3, -0.25) is 4.79 Å². The SMILES string of the molecule is CNCC[C@H](Oc1ccc(CC2CCC(=O)c3cnc(OC)nc3N(C)CC2)c(C)c1)c1cccs1. The van der Waals surface area contributed by atoms with E-state index in [-0.39, 0.29) is 17.9 Å². The lowest BCUT2D eigenvalue weighted by atomic mass is 9.89. The molecule has 2 atom stereocenters. The molecule has 0 radical (unpaired) electrons. The number of anilines is 1. The molecule has 1 aromatic carbocycles. The van der Waals surface area contributed by atoms with Crippen LogP contribution in [0.5, 0.6) is 11.8 Å². The molecule has 1 aliphatic heterocycles. The molecule has 3 heterocycles. The van der Waals surface area contributed by atoms with E-state index in [1.165, 1.54) is 23.1 Å². The number of carbonyl (C=O) groups excluding carboxylic acids is 1. The average Bonchev–Trinajstić information content (AvgIpc) is 3.44. The van der Waals surface area contributed by atoms with Crippen molar-refractivity contribution in [1.29, 1.82) is 0 Å². The van der Waals surface area contributed by atoms with Crippen LogP contribution in [0.4, 0.5) is 5.82 Å². The van der Waals surface area contributed by atoms with Gasteiger partial charge in [-0.05, 0) is 80.4 Å². The van der Waals surface area contributed by atoms with Crippen molar-refractivity contribution in [2.45, 2.75) is 45.1 Å². The van der Waals surface area contributed by atoms with Crippen molar-refractivity contribution in [1.82, 2.24) is 15.3 Å². The van der Waals surface area contributed by atoms with Crippen LogP contribution < -0.4 is 19.7 Å². The molecule has 1 unspecified atom stereocenters. The van der Waals surface area contributed by atoms with Crippen LogP contribution in [0.3, 0.4) is 0 Å². The minimum atomic E-state index is 0.0435. The van der Waals surface area contributed by atoms with E-state index in [1.807, 2.05) is 14.1 Å². The molecule has 8 heteroatoms. The van der Waals surface area contributed by atoms with Crippen LogP contribution in [-0.4, -0.2) is 50.0 Å². The van der Waals surface area contributed by atoms with Gasteiger partial charge in [0.1, 0.15) is 17.7 Å². The molecular weight excluding hydrogens is 472 g/mol. The third kappa shape index (κ3) is 6.42. The maximum Gasteiger partial charge on any atom is 0.318 e. The molecule has 7 nitrogen and oxygen atoms in total. The second-order valence-corrected chi connectivity index (χ2v) is 10.4. The number of thiophene rings is 1. The monoisotopic (exact) mass is 508 g/mol. The van der Waals surface area contributed by atoms with Gasteiger partial charge in [0.05, 0.1) is 12.7 Å². The van der Waals surface area contributed by atoms with Gasteiger partial charge in [-0.15, -0.1) is 11.3 Å². The van der Waals surface area contributed by atoms with Gasteiger partial charge >= 0.3 is 6.01 Å². The van der Waals surface area contributed by atoms with Crippen molar-refractivity contribution in [2.75, 3.05) is 39.2 Å². The Morgan fingerprint density at radius 3 is 2.86 bits per heavy atom. The maximum absolute atomic E-state index is 13.0. The Labute approximate surface area is 217 Å². The number of fused-ring (bicyclic) bond motifs is 1. The topological polar surface area (TPSA) is 76.6 Å². The van der Waals surface area contributed by atoms with Crippen LogP contribution >= 0.6 is 11.3 Å². The summed E-state index contributed by atoms with van der Waals surface area (Å²) in [5.74, 6) is 2.05. The molecule has 0 saturated heterocycles. The normalized spacial score (nSPS) is 17.1. The van der Waals surface area contributed by atoms with Crippen LogP contribution in [0.1, 0.15) is 58.1 Å². The van der Waals surface area contributed by atoms with E-state index in [0.29, 0.717) is 23.7 Å². The zero-order valence-electron chi connectivity index (χ0n) is 21.6. The fourth-order valence-corrected chi connectivity index (χ4v) is 5.49. The highest BCUT2D eigenvalue weighted by atomic mass is 32.1. The number of Topliss-reactive ketones (excluding diaryl/α,β-unsaturated/α-hetero) is 1. The molecule has 0 fully saturated rings. The van der Waals surface area contributed by atoms with Gasteiger partial charge in [0.15, 0.2) is 5.78 Å². The predicted octanol–water partition coefficient (Wildman–Crippen LogP) is 5.25. The minimum Gasteiger partial charge on any atom is -0.485 e. The Bertz CT molecular complexity index is 1150. The Kier molecular flexibility index (Phi) is 8.93. The summed E-state index contributed by atoms with van der Waals surface area (Å²) >= 11 is 1.73. The maximum atomic E-state index is 13.0. The Morgan fingerprint density at radius 1 is 1.28 bits per heavy atom. The third-order valence-corrected chi connectivity index (χ3v) is 7.83. The zero-order valence-corrected chi connectivity index (χ0v) is 22.4. The molecule has 0 saturated carbocycles. The molecule has 0 aliphatic carbocycles. The fraction of sp³-hybridized carbons (Fsp3) is 0.464. The number of nitrogens with zero attached hydrogens (tertiary/aromatic N) is 3. The highest BCUT2D eigenvalue weighted by Crippen LogP contribution is 2.31. The van der Waals surface area contributed by atoms with Gasteiger partial charge < -0.3 is 19.7 Å². The summed E-state index contributed by atoms with van der Waals surface area (Å²) in [5.41, 5.74) is 3.11. The summed E-state index contributed by atoms with van der Waals surface area (Å²) in [6.07, 6.45) is 5.82. The molecule has 0 bridgehead atoms. The average molecular weight is 509 g/mol. The number of carbonyl (C=O) groups is 1. The van der Waals surface area contributed by atoms with E-state index in [1.54, 1.807) is 17.5 Å². The van der Waals surface area contributed by atoms with Crippen molar-refractivity contribution in [3.8, 4) is 11.8 Å².